The van der Waals surface area contributed by atoms with E-state index in [0.29, 0.717) is 0 Å². The SMILES string of the molecule is CCNCCN(C)CCc1cccc(F)c1. The molecule has 2 nitrogen and oxygen atoms in total. The quantitative estimate of drug-likeness (QED) is 0.712. The number of halogens is 1. The molecule has 16 heavy (non-hydrogen) atoms. The van der Waals surface area contributed by atoms with Crippen molar-refractivity contribution in [1.29, 1.82) is 0 Å². The zero-order valence-electron chi connectivity index (χ0n) is 10.2. The second-order valence-electron chi connectivity index (χ2n) is 4.04. The predicted molar refractivity (Wildman–Crippen MR) is 66.1 cm³/mol. The molecule has 0 saturated carbocycles. The molecule has 0 unspecified atom stereocenters. The number of nitrogens with one attached hydrogen (secondary N) is 1. The van der Waals surface area contributed by atoms with E-state index in [2.05, 4.69) is 24.2 Å². The predicted octanol–water partition coefficient (Wildman–Crippen LogP) is 1.91. The van der Waals surface area contributed by atoms with E-state index in [9.17, 15) is 4.39 Å². The van der Waals surface area contributed by atoms with E-state index < -0.39 is 0 Å². The fourth-order valence-corrected chi connectivity index (χ4v) is 1.57. The van der Waals surface area contributed by atoms with Gasteiger partial charge in [0.1, 0.15) is 5.82 Å². The molecule has 0 aliphatic rings. The van der Waals surface area contributed by atoms with Crippen LogP contribution in [-0.2, 0) is 6.42 Å². The molecule has 0 aliphatic heterocycles. The first-order valence-electron chi connectivity index (χ1n) is 5.86. The van der Waals surface area contributed by atoms with Crippen LogP contribution >= 0.6 is 0 Å². The lowest BCUT2D eigenvalue weighted by Gasteiger charge is -2.16. The molecule has 1 aromatic rings. The minimum absolute atomic E-state index is 0.146. The topological polar surface area (TPSA) is 15.3 Å². The maximum absolute atomic E-state index is 12.9. The average Bonchev–Trinajstić information content (AvgIpc) is 2.27. The summed E-state index contributed by atoms with van der Waals surface area (Å²) in [6.07, 6.45) is 0.903. The molecule has 0 amide bonds. The van der Waals surface area contributed by atoms with Crippen molar-refractivity contribution >= 4 is 0 Å². The molecule has 0 aromatic heterocycles. The van der Waals surface area contributed by atoms with E-state index in [4.69, 9.17) is 0 Å². The fraction of sp³-hybridized carbons (Fsp3) is 0.538. The monoisotopic (exact) mass is 224 g/mol. The van der Waals surface area contributed by atoms with Crippen LogP contribution in [0.5, 0.6) is 0 Å². The van der Waals surface area contributed by atoms with Gasteiger partial charge < -0.3 is 10.2 Å². The van der Waals surface area contributed by atoms with Crippen molar-refractivity contribution in [2.24, 2.45) is 0 Å². The second kappa shape index (κ2) is 7.36. The third-order valence-electron chi connectivity index (χ3n) is 2.59. The molecule has 90 valence electrons. The molecule has 3 heteroatoms. The number of hydrogen-bond donors (Lipinski definition) is 1. The first-order valence-corrected chi connectivity index (χ1v) is 5.86. The number of rotatable bonds is 7. The molecular weight excluding hydrogens is 203 g/mol. The largest absolute Gasteiger partial charge is 0.316 e. The summed E-state index contributed by atoms with van der Waals surface area (Å²) >= 11 is 0. The normalized spacial score (nSPS) is 11.0. The van der Waals surface area contributed by atoms with Crippen LogP contribution in [0.1, 0.15) is 12.5 Å². The third-order valence-corrected chi connectivity index (χ3v) is 2.59. The van der Waals surface area contributed by atoms with Crippen LogP contribution in [0.15, 0.2) is 24.3 Å². The molecule has 0 radical (unpaired) electrons. The van der Waals surface area contributed by atoms with Gasteiger partial charge in [-0.1, -0.05) is 19.1 Å². The van der Waals surface area contributed by atoms with Gasteiger partial charge in [-0.15, -0.1) is 0 Å². The molecule has 0 saturated heterocycles. The van der Waals surface area contributed by atoms with E-state index in [1.54, 1.807) is 12.1 Å². The van der Waals surface area contributed by atoms with Gasteiger partial charge in [-0.25, -0.2) is 4.39 Å². The van der Waals surface area contributed by atoms with Crippen molar-refractivity contribution in [3.63, 3.8) is 0 Å². The molecular formula is C13H21FN2. The van der Waals surface area contributed by atoms with Crippen molar-refractivity contribution in [2.45, 2.75) is 13.3 Å². The van der Waals surface area contributed by atoms with Crippen LogP contribution in [0.2, 0.25) is 0 Å². The summed E-state index contributed by atoms with van der Waals surface area (Å²) in [6, 6.07) is 6.83. The van der Waals surface area contributed by atoms with E-state index in [1.165, 1.54) is 6.07 Å². The van der Waals surface area contributed by atoms with Crippen LogP contribution < -0.4 is 5.32 Å². The Morgan fingerprint density at radius 3 is 2.81 bits per heavy atom. The van der Waals surface area contributed by atoms with Gasteiger partial charge >= 0.3 is 0 Å². The number of nitrogens with zero attached hydrogens (tertiary/aromatic N) is 1. The van der Waals surface area contributed by atoms with E-state index in [1.807, 2.05) is 6.07 Å². The first kappa shape index (κ1) is 13.1. The smallest absolute Gasteiger partial charge is 0.123 e. The summed E-state index contributed by atoms with van der Waals surface area (Å²) in [6.45, 7) is 6.12. The molecule has 1 rings (SSSR count). The standard InChI is InChI=1S/C13H21FN2/c1-3-15-8-10-16(2)9-7-12-5-4-6-13(14)11-12/h4-6,11,15H,3,7-10H2,1-2H3. The van der Waals surface area contributed by atoms with Gasteiger partial charge in [0, 0.05) is 19.6 Å². The molecule has 0 heterocycles. The minimum Gasteiger partial charge on any atom is -0.316 e. The van der Waals surface area contributed by atoms with Gasteiger partial charge in [0.05, 0.1) is 0 Å². The van der Waals surface area contributed by atoms with Gasteiger partial charge in [0.25, 0.3) is 0 Å². The Balaban J connectivity index is 2.23. The Bertz CT molecular complexity index is 302. The maximum Gasteiger partial charge on any atom is 0.123 e. The molecule has 0 fully saturated rings. The molecule has 1 N–H and O–H groups in total. The molecule has 1 aromatic carbocycles. The van der Waals surface area contributed by atoms with Gasteiger partial charge in [-0.05, 0) is 37.7 Å². The summed E-state index contributed by atoms with van der Waals surface area (Å²) in [4.78, 5) is 2.26. The van der Waals surface area contributed by atoms with Gasteiger partial charge in [-0.2, -0.15) is 0 Å². The minimum atomic E-state index is -0.146. The van der Waals surface area contributed by atoms with Crippen molar-refractivity contribution in [3.8, 4) is 0 Å². The molecule has 0 atom stereocenters. The maximum atomic E-state index is 12.9. The summed E-state index contributed by atoms with van der Waals surface area (Å²) in [5.74, 6) is -0.146. The second-order valence-corrected chi connectivity index (χ2v) is 4.04. The zero-order valence-corrected chi connectivity index (χ0v) is 10.2. The fourth-order valence-electron chi connectivity index (χ4n) is 1.57. The van der Waals surface area contributed by atoms with Crippen LogP contribution in [0.4, 0.5) is 4.39 Å². The van der Waals surface area contributed by atoms with E-state index >= 15 is 0 Å². The highest BCUT2D eigenvalue weighted by molar-refractivity contribution is 5.16. The van der Waals surface area contributed by atoms with Crippen molar-refractivity contribution < 1.29 is 4.39 Å². The van der Waals surface area contributed by atoms with Gasteiger partial charge in [0.15, 0.2) is 0 Å². The summed E-state index contributed by atoms with van der Waals surface area (Å²) < 4.78 is 12.9. The third kappa shape index (κ3) is 5.24. The van der Waals surface area contributed by atoms with Crippen LogP contribution in [-0.4, -0.2) is 38.1 Å². The number of likely N-dealkylation sites (N-methyl/N-ethyl adjacent to an activating group) is 2. The zero-order chi connectivity index (χ0) is 11.8. The summed E-state index contributed by atoms with van der Waals surface area (Å²) in [5.41, 5.74) is 1.07. The Hall–Kier alpha value is -0.930. The highest BCUT2D eigenvalue weighted by Crippen LogP contribution is 2.04. The number of hydrogen-bond acceptors (Lipinski definition) is 2. The van der Waals surface area contributed by atoms with Crippen LogP contribution in [0.25, 0.3) is 0 Å². The summed E-state index contributed by atoms with van der Waals surface area (Å²) in [5, 5.41) is 3.28. The number of benzene rings is 1. The van der Waals surface area contributed by atoms with Crippen molar-refractivity contribution in [2.75, 3.05) is 33.2 Å². The van der Waals surface area contributed by atoms with E-state index in [0.717, 1.165) is 38.2 Å². The molecule has 0 bridgehead atoms. The van der Waals surface area contributed by atoms with Gasteiger partial charge in [0.2, 0.25) is 0 Å². The molecule has 0 aliphatic carbocycles. The lowest BCUT2D eigenvalue weighted by Crippen LogP contribution is -2.30. The summed E-state index contributed by atoms with van der Waals surface area (Å²) in [7, 11) is 2.09. The lowest BCUT2D eigenvalue weighted by atomic mass is 10.1. The average molecular weight is 224 g/mol. The van der Waals surface area contributed by atoms with Crippen molar-refractivity contribution in [3.05, 3.63) is 35.6 Å². The first-order chi connectivity index (χ1) is 7.72. The highest BCUT2D eigenvalue weighted by atomic mass is 19.1. The van der Waals surface area contributed by atoms with Crippen LogP contribution in [0, 0.1) is 5.82 Å². The highest BCUT2D eigenvalue weighted by Gasteiger charge is 1.99. The Morgan fingerprint density at radius 1 is 1.31 bits per heavy atom. The molecule has 0 spiro atoms. The van der Waals surface area contributed by atoms with Gasteiger partial charge in [-0.3, -0.25) is 0 Å². The Kier molecular flexibility index (Phi) is 6.04. The van der Waals surface area contributed by atoms with E-state index in [-0.39, 0.29) is 5.82 Å². The van der Waals surface area contributed by atoms with Crippen molar-refractivity contribution in [1.82, 2.24) is 10.2 Å². The Labute approximate surface area is 97.5 Å². The Morgan fingerprint density at radius 2 is 2.12 bits per heavy atom. The van der Waals surface area contributed by atoms with Crippen LogP contribution in [0.3, 0.4) is 0 Å². The lowest BCUT2D eigenvalue weighted by molar-refractivity contribution is 0.337.